The minimum absolute atomic E-state index is 0.130. The molecule has 38 heavy (non-hydrogen) atoms. The summed E-state index contributed by atoms with van der Waals surface area (Å²) in [5.74, 6) is -0.0108. The number of amides is 1. The predicted octanol–water partition coefficient (Wildman–Crippen LogP) is 3.21. The minimum Gasteiger partial charge on any atom is -0.462 e. The van der Waals surface area contributed by atoms with Gasteiger partial charge in [-0.15, -0.1) is 0 Å². The van der Waals surface area contributed by atoms with Gasteiger partial charge in [0.15, 0.2) is 5.65 Å². The van der Waals surface area contributed by atoms with Crippen LogP contribution >= 0.6 is 0 Å². The zero-order chi connectivity index (χ0) is 27.8. The summed E-state index contributed by atoms with van der Waals surface area (Å²) in [6.45, 7) is 8.87. The standard InChI is InChI=1S/C25H30N8O5/c1-8-37-23(35)18-12-27-33-20(31(7)24(36)38-25(3,4)5)10-19(29-21(18)33)28-16-9-15(2)22(34)32(13-16)17-11-26-30(6)14-17/h9-14H,8H2,1-7H3,(H,28,29). The molecule has 13 nitrogen and oxygen atoms in total. The maximum atomic E-state index is 12.9. The van der Waals surface area contributed by atoms with Crippen LogP contribution in [-0.4, -0.2) is 60.3 Å². The summed E-state index contributed by atoms with van der Waals surface area (Å²) in [4.78, 5) is 44.1. The number of rotatable bonds is 6. The summed E-state index contributed by atoms with van der Waals surface area (Å²) in [5, 5.41) is 11.6. The molecule has 0 fully saturated rings. The van der Waals surface area contributed by atoms with Crippen LogP contribution in [0.3, 0.4) is 0 Å². The third-order valence-corrected chi connectivity index (χ3v) is 5.40. The van der Waals surface area contributed by atoms with Crippen LogP contribution in [0.15, 0.2) is 41.7 Å². The molecule has 200 valence electrons. The first-order valence-corrected chi connectivity index (χ1v) is 11.9. The van der Waals surface area contributed by atoms with Gasteiger partial charge in [-0.05, 0) is 40.7 Å². The van der Waals surface area contributed by atoms with Crippen LogP contribution in [0, 0.1) is 6.92 Å². The monoisotopic (exact) mass is 522 g/mol. The summed E-state index contributed by atoms with van der Waals surface area (Å²) in [5.41, 5.74) is 1.02. The van der Waals surface area contributed by atoms with Gasteiger partial charge in [-0.25, -0.2) is 14.6 Å². The van der Waals surface area contributed by atoms with Crippen LogP contribution in [0.5, 0.6) is 0 Å². The molecule has 4 heterocycles. The van der Waals surface area contributed by atoms with Gasteiger partial charge >= 0.3 is 12.1 Å². The first kappa shape index (κ1) is 26.4. The molecular formula is C25H30N8O5. The number of ether oxygens (including phenoxy) is 2. The molecule has 1 amide bonds. The number of carbonyl (C=O) groups is 2. The first-order chi connectivity index (χ1) is 17.9. The molecule has 4 rings (SSSR count). The van der Waals surface area contributed by atoms with E-state index in [4.69, 9.17) is 9.47 Å². The summed E-state index contributed by atoms with van der Waals surface area (Å²) < 4.78 is 15.1. The summed E-state index contributed by atoms with van der Waals surface area (Å²) in [6, 6.07) is 3.27. The topological polar surface area (TPSA) is 138 Å². The Kier molecular flexibility index (Phi) is 6.94. The normalized spacial score (nSPS) is 11.4. The number of hydrogen-bond donors (Lipinski definition) is 1. The van der Waals surface area contributed by atoms with Crippen molar-refractivity contribution in [1.29, 1.82) is 0 Å². The lowest BCUT2D eigenvalue weighted by Gasteiger charge is -2.25. The quantitative estimate of drug-likeness (QED) is 0.378. The number of nitrogens with one attached hydrogen (secondary N) is 1. The average molecular weight is 523 g/mol. The van der Waals surface area contributed by atoms with E-state index < -0.39 is 17.7 Å². The van der Waals surface area contributed by atoms with Crippen LogP contribution in [0.2, 0.25) is 0 Å². The lowest BCUT2D eigenvalue weighted by atomic mass is 10.2. The van der Waals surface area contributed by atoms with Gasteiger partial charge in [0.1, 0.15) is 22.8 Å². The Labute approximate surface area is 218 Å². The van der Waals surface area contributed by atoms with E-state index in [1.54, 1.807) is 77.1 Å². The Bertz CT molecular complexity index is 1580. The highest BCUT2D eigenvalue weighted by molar-refractivity contribution is 5.97. The number of hydrogen-bond acceptors (Lipinski definition) is 9. The van der Waals surface area contributed by atoms with Crippen molar-refractivity contribution in [3.05, 3.63) is 58.4 Å². The van der Waals surface area contributed by atoms with E-state index >= 15 is 0 Å². The lowest BCUT2D eigenvalue weighted by Crippen LogP contribution is -2.35. The Hall–Kier alpha value is -4.68. The van der Waals surface area contributed by atoms with E-state index in [0.717, 1.165) is 0 Å². The van der Waals surface area contributed by atoms with Crippen LogP contribution in [-0.2, 0) is 16.5 Å². The largest absolute Gasteiger partial charge is 0.462 e. The van der Waals surface area contributed by atoms with E-state index in [1.807, 2.05) is 0 Å². The average Bonchev–Trinajstić information content (AvgIpc) is 3.45. The molecule has 0 radical (unpaired) electrons. The number of esters is 1. The van der Waals surface area contributed by atoms with Gasteiger partial charge in [0.25, 0.3) is 5.56 Å². The number of pyridine rings is 1. The van der Waals surface area contributed by atoms with E-state index in [9.17, 15) is 14.4 Å². The maximum Gasteiger partial charge on any atom is 0.415 e. The maximum absolute atomic E-state index is 12.9. The number of anilines is 3. The van der Waals surface area contributed by atoms with Crippen LogP contribution in [0.1, 0.15) is 43.6 Å². The molecular weight excluding hydrogens is 492 g/mol. The second-order valence-corrected chi connectivity index (χ2v) is 9.64. The second-order valence-electron chi connectivity index (χ2n) is 9.64. The molecule has 0 aromatic carbocycles. The fourth-order valence-corrected chi connectivity index (χ4v) is 3.69. The van der Waals surface area contributed by atoms with Crippen molar-refractivity contribution < 1.29 is 19.1 Å². The predicted molar refractivity (Wildman–Crippen MR) is 140 cm³/mol. The van der Waals surface area contributed by atoms with Gasteiger partial charge in [-0.2, -0.15) is 14.7 Å². The van der Waals surface area contributed by atoms with Crippen LogP contribution in [0.25, 0.3) is 11.3 Å². The molecule has 0 spiro atoms. The van der Waals surface area contributed by atoms with Crippen molar-refractivity contribution in [2.75, 3.05) is 23.9 Å². The van der Waals surface area contributed by atoms with Gasteiger partial charge in [-0.1, -0.05) is 0 Å². The Morgan fingerprint density at radius 2 is 1.87 bits per heavy atom. The third-order valence-electron chi connectivity index (χ3n) is 5.40. The molecule has 4 aromatic rings. The summed E-state index contributed by atoms with van der Waals surface area (Å²) >= 11 is 0. The number of nitrogens with zero attached hydrogens (tertiary/aromatic N) is 7. The van der Waals surface area contributed by atoms with Crippen molar-refractivity contribution in [1.82, 2.24) is 28.9 Å². The molecule has 0 saturated carbocycles. The van der Waals surface area contributed by atoms with E-state index in [1.165, 1.54) is 27.2 Å². The molecule has 0 aliphatic heterocycles. The highest BCUT2D eigenvalue weighted by Gasteiger charge is 2.25. The van der Waals surface area contributed by atoms with Gasteiger partial charge < -0.3 is 14.8 Å². The Morgan fingerprint density at radius 1 is 1.13 bits per heavy atom. The number of aryl methyl sites for hydroxylation is 2. The van der Waals surface area contributed by atoms with Crippen molar-refractivity contribution in [3.63, 3.8) is 0 Å². The van der Waals surface area contributed by atoms with Gasteiger partial charge in [0.05, 0.1) is 30.4 Å². The summed E-state index contributed by atoms with van der Waals surface area (Å²) in [6.07, 6.45) is 5.65. The molecule has 0 unspecified atom stereocenters. The van der Waals surface area contributed by atoms with E-state index in [2.05, 4.69) is 20.5 Å². The molecule has 4 aromatic heterocycles. The van der Waals surface area contributed by atoms with Crippen molar-refractivity contribution in [2.45, 2.75) is 40.2 Å². The van der Waals surface area contributed by atoms with Gasteiger partial charge in [0, 0.05) is 38.1 Å². The highest BCUT2D eigenvalue weighted by Crippen LogP contribution is 2.26. The van der Waals surface area contributed by atoms with Gasteiger partial charge in [-0.3, -0.25) is 18.9 Å². The van der Waals surface area contributed by atoms with E-state index in [-0.39, 0.29) is 23.4 Å². The lowest BCUT2D eigenvalue weighted by molar-refractivity contribution is 0.0527. The Balaban J connectivity index is 1.82. The highest BCUT2D eigenvalue weighted by atomic mass is 16.6. The first-order valence-electron chi connectivity index (χ1n) is 11.9. The second kappa shape index (κ2) is 10.00. The molecule has 0 saturated heterocycles. The summed E-state index contributed by atoms with van der Waals surface area (Å²) in [7, 11) is 3.29. The Morgan fingerprint density at radius 3 is 2.50 bits per heavy atom. The van der Waals surface area contributed by atoms with Crippen molar-refractivity contribution >= 4 is 35.0 Å². The fraction of sp³-hybridized carbons (Fsp3) is 0.360. The van der Waals surface area contributed by atoms with Crippen LogP contribution < -0.4 is 15.8 Å². The van der Waals surface area contributed by atoms with Crippen molar-refractivity contribution in [3.8, 4) is 5.69 Å². The molecule has 13 heteroatoms. The molecule has 0 aliphatic rings. The van der Waals surface area contributed by atoms with Gasteiger partial charge in [0.2, 0.25) is 0 Å². The number of aromatic nitrogens is 6. The fourth-order valence-electron chi connectivity index (χ4n) is 3.69. The third kappa shape index (κ3) is 5.36. The smallest absolute Gasteiger partial charge is 0.415 e. The molecule has 0 bridgehead atoms. The minimum atomic E-state index is -0.726. The van der Waals surface area contributed by atoms with E-state index in [0.29, 0.717) is 28.6 Å². The zero-order valence-corrected chi connectivity index (χ0v) is 22.3. The van der Waals surface area contributed by atoms with Crippen LogP contribution in [0.4, 0.5) is 22.1 Å². The SMILES string of the molecule is CCOC(=O)c1cnn2c(N(C)C(=O)OC(C)(C)C)cc(Nc3cc(C)c(=O)n(-c4cnn(C)c4)c3)nc12. The molecule has 0 aliphatic carbocycles. The number of fused-ring (bicyclic) bond motifs is 1. The van der Waals surface area contributed by atoms with Crippen molar-refractivity contribution in [2.24, 2.45) is 7.05 Å². The molecule has 1 N–H and O–H groups in total. The zero-order valence-electron chi connectivity index (χ0n) is 22.3. The number of carbonyl (C=O) groups excluding carboxylic acids is 2. The molecule has 0 atom stereocenters.